The number of phenolic OH excluding ortho intramolecular Hbond substituents is 1. The van der Waals surface area contributed by atoms with Gasteiger partial charge < -0.3 is 5.11 Å². The van der Waals surface area contributed by atoms with Crippen LogP contribution in [-0.4, -0.2) is 19.6 Å². The second-order valence-electron chi connectivity index (χ2n) is 20.3. The molecule has 0 saturated heterocycles. The van der Waals surface area contributed by atoms with Crippen LogP contribution in [0.15, 0.2) is 164 Å². The van der Waals surface area contributed by atoms with E-state index in [2.05, 4.69) is 153 Å². The zero-order valence-electron chi connectivity index (χ0n) is 42.2. The first-order valence-corrected chi connectivity index (χ1v) is 22.5. The van der Waals surface area contributed by atoms with Crippen LogP contribution >= 0.6 is 0 Å². The summed E-state index contributed by atoms with van der Waals surface area (Å²) >= 11 is 0. The van der Waals surface area contributed by atoms with Gasteiger partial charge in [-0.2, -0.15) is 0 Å². The zero-order valence-corrected chi connectivity index (χ0v) is 41.5. The number of hydrogen-bond donors (Lipinski definition) is 1. The molecule has 0 fully saturated rings. The molecule has 334 valence electrons. The molecule has 0 bridgehead atoms. The maximum Gasteiger partial charge on any atom is 0.148 e. The maximum atomic E-state index is 11.4. The van der Waals surface area contributed by atoms with E-state index in [1.54, 1.807) is 12.1 Å². The van der Waals surface area contributed by atoms with E-state index in [-0.39, 0.29) is 48.6 Å². The van der Waals surface area contributed by atoms with Gasteiger partial charge in [0.25, 0.3) is 0 Å². The van der Waals surface area contributed by atoms with Crippen molar-refractivity contribution in [1.82, 2.24) is 14.5 Å². The molecule has 0 amide bonds. The third-order valence-corrected chi connectivity index (χ3v) is 12.5. The van der Waals surface area contributed by atoms with Crippen molar-refractivity contribution in [3.8, 4) is 78.6 Å². The second kappa shape index (κ2) is 17.8. The third-order valence-electron chi connectivity index (χ3n) is 12.5. The number of aromatic nitrogens is 3. The van der Waals surface area contributed by atoms with Gasteiger partial charge in [0.1, 0.15) is 11.6 Å². The average Bonchev–Trinajstić information content (AvgIpc) is 3.70. The first-order valence-electron chi connectivity index (χ1n) is 24.0. The number of benzene rings is 7. The van der Waals surface area contributed by atoms with Gasteiger partial charge in [0.2, 0.25) is 0 Å². The number of fused-ring (bicyclic) bond motifs is 1. The molecule has 0 aliphatic heterocycles. The van der Waals surface area contributed by atoms with E-state index in [9.17, 15) is 5.11 Å². The van der Waals surface area contributed by atoms with E-state index in [1.807, 2.05) is 71.4 Å². The number of pyridine rings is 1. The summed E-state index contributed by atoms with van der Waals surface area (Å²) in [6, 6.07) is 56.7. The predicted molar refractivity (Wildman–Crippen MR) is 273 cm³/mol. The largest absolute Gasteiger partial charge is 0.507 e. The van der Waals surface area contributed by atoms with Crippen LogP contribution in [0.5, 0.6) is 5.75 Å². The quantitative estimate of drug-likeness (QED) is 0.162. The molecule has 0 saturated carbocycles. The minimum atomic E-state index is -2.50. The van der Waals surface area contributed by atoms with Gasteiger partial charge in [-0.25, -0.2) is 4.98 Å². The number of nitrogens with zero attached hydrogens (tertiary/aromatic N) is 3. The minimum absolute atomic E-state index is 0. The van der Waals surface area contributed by atoms with E-state index in [0.29, 0.717) is 28.1 Å². The van der Waals surface area contributed by atoms with Crippen molar-refractivity contribution >= 4 is 11.0 Å². The molecule has 66 heavy (non-hydrogen) atoms. The molecule has 0 aliphatic carbocycles. The van der Waals surface area contributed by atoms with E-state index >= 15 is 0 Å². The molecule has 0 aliphatic rings. The van der Waals surface area contributed by atoms with Crippen molar-refractivity contribution in [2.24, 2.45) is 0 Å². The Morgan fingerprint density at radius 2 is 1.08 bits per heavy atom. The van der Waals surface area contributed by atoms with E-state index in [4.69, 9.17) is 14.1 Å². The topological polar surface area (TPSA) is 50.9 Å². The van der Waals surface area contributed by atoms with Gasteiger partial charge in [-0.3, -0.25) is 9.55 Å². The summed E-state index contributed by atoms with van der Waals surface area (Å²) in [7, 11) is 0. The minimum Gasteiger partial charge on any atom is -0.507 e. The van der Waals surface area contributed by atoms with Crippen molar-refractivity contribution < 1.29 is 30.3 Å². The maximum absolute atomic E-state index is 11.4. The monoisotopic (exact) mass is 1050 g/mol. The average molecular weight is 1050 g/mol. The van der Waals surface area contributed by atoms with Crippen LogP contribution in [0.3, 0.4) is 0 Å². The Bertz CT molecular complexity index is 3300. The first kappa shape index (κ1) is 42.3. The molecular formula is C61H58N3OPt-. The standard InChI is InChI=1S/C61H58N3O.Pt/c1-39-31-43(45-33-49(60(5,6)7)38-50(34-45)61(8,9)10)27-28-54(39)64-55-21-16-20-51(57(55)63-58(64)52-19-14-15-22-56(52)65)46-32-47(36-48(35-46)59(2,3)4)53-37-44(29-30-62-53)42-25-23-41(24-26-42)40-17-12-11-13-18-40;/h11-31,33-38,65H,1-10H3;/q-1;/i1D3;. The Labute approximate surface area is 410 Å². The summed E-state index contributed by atoms with van der Waals surface area (Å²) < 4.78 is 28.9. The molecule has 0 radical (unpaired) electrons. The summed E-state index contributed by atoms with van der Waals surface area (Å²) in [6.45, 7) is 17.3. The van der Waals surface area contributed by atoms with Crippen molar-refractivity contribution in [1.29, 1.82) is 0 Å². The van der Waals surface area contributed by atoms with Crippen LogP contribution < -0.4 is 0 Å². The fraction of sp³-hybridized carbons (Fsp3) is 0.213. The number of para-hydroxylation sites is 2. The van der Waals surface area contributed by atoms with Crippen LogP contribution in [0.4, 0.5) is 0 Å². The number of aromatic hydroxyl groups is 1. The SMILES string of the molecule is [2H]C([2H])([2H])c1cc(-c2cc(C(C)(C)C)cc(C(C)(C)C)c2)ccc1-n1c(-c2ccccc2O)nc2c(-c3[c-]c(-c4cc(-c5ccc(-c6ccccc6)cc5)ccn4)cc(C(C)(C)C)c3)cccc21.[Pt]. The smallest absolute Gasteiger partial charge is 0.148 e. The Balaban J connectivity index is 0.00000642. The molecule has 2 aromatic heterocycles. The fourth-order valence-corrected chi connectivity index (χ4v) is 8.50. The molecule has 9 rings (SSSR count). The molecule has 0 unspecified atom stereocenters. The first-order chi connectivity index (χ1) is 32.1. The zero-order chi connectivity index (χ0) is 48.3. The van der Waals surface area contributed by atoms with Crippen molar-refractivity contribution in [2.75, 3.05) is 0 Å². The number of rotatable bonds is 7. The Hall–Kier alpha value is -6.35. The van der Waals surface area contributed by atoms with E-state index < -0.39 is 6.85 Å². The Morgan fingerprint density at radius 1 is 0.515 bits per heavy atom. The predicted octanol–water partition coefficient (Wildman–Crippen LogP) is 16.1. The molecular weight excluding hydrogens is 986 g/mol. The van der Waals surface area contributed by atoms with Gasteiger partial charge in [-0.1, -0.05) is 183 Å². The van der Waals surface area contributed by atoms with Gasteiger partial charge in [0.05, 0.1) is 22.3 Å². The normalized spacial score (nSPS) is 12.9. The van der Waals surface area contributed by atoms with Crippen LogP contribution in [0.2, 0.25) is 0 Å². The fourth-order valence-electron chi connectivity index (χ4n) is 8.50. The third kappa shape index (κ3) is 9.22. The van der Waals surface area contributed by atoms with Crippen molar-refractivity contribution in [2.45, 2.75) is 85.4 Å². The molecule has 1 N–H and O–H groups in total. The Kier molecular flexibility index (Phi) is 11.4. The van der Waals surface area contributed by atoms with Gasteiger partial charge in [-0.05, 0) is 110 Å². The van der Waals surface area contributed by atoms with Gasteiger partial charge in [0, 0.05) is 37.1 Å². The van der Waals surface area contributed by atoms with Crippen molar-refractivity contribution in [3.05, 3.63) is 192 Å². The number of imidazole rings is 1. The number of hydrogen-bond acceptors (Lipinski definition) is 3. The van der Waals surface area contributed by atoms with Crippen LogP contribution in [-0.2, 0) is 37.3 Å². The van der Waals surface area contributed by atoms with Crippen LogP contribution in [0.1, 0.15) is 88.7 Å². The summed E-state index contributed by atoms with van der Waals surface area (Å²) in [5.41, 5.74) is 15.0. The molecule has 7 aromatic carbocycles. The number of aryl methyl sites for hydroxylation is 1. The molecule has 0 atom stereocenters. The van der Waals surface area contributed by atoms with Crippen LogP contribution in [0, 0.1) is 12.9 Å². The molecule has 9 aromatic rings. The Morgan fingerprint density at radius 3 is 1.73 bits per heavy atom. The van der Waals surface area contributed by atoms with Gasteiger partial charge >= 0.3 is 0 Å². The van der Waals surface area contributed by atoms with Gasteiger partial charge in [-0.15, -0.1) is 29.3 Å². The van der Waals surface area contributed by atoms with Gasteiger partial charge in [0.15, 0.2) is 0 Å². The summed E-state index contributed by atoms with van der Waals surface area (Å²) in [6.07, 6.45) is 1.85. The summed E-state index contributed by atoms with van der Waals surface area (Å²) in [4.78, 5) is 10.2. The second-order valence-corrected chi connectivity index (χ2v) is 20.3. The molecule has 5 heteroatoms. The molecule has 2 heterocycles. The van der Waals surface area contributed by atoms with E-state index in [1.165, 1.54) is 16.7 Å². The molecule has 0 spiro atoms. The number of phenols is 1. The summed E-state index contributed by atoms with van der Waals surface area (Å²) in [5, 5.41) is 11.4. The van der Waals surface area contributed by atoms with Crippen LogP contribution in [0.25, 0.3) is 83.9 Å². The van der Waals surface area contributed by atoms with E-state index in [0.717, 1.165) is 55.8 Å². The van der Waals surface area contributed by atoms with Crippen molar-refractivity contribution in [3.63, 3.8) is 0 Å². The molecule has 4 nitrogen and oxygen atoms in total. The summed E-state index contributed by atoms with van der Waals surface area (Å²) in [5.74, 6) is 0.462.